The van der Waals surface area contributed by atoms with E-state index in [1.807, 2.05) is 10.2 Å². The first kappa shape index (κ1) is 18.5. The smallest absolute Gasteiger partial charge is 0.346 e. The average molecular weight is 330 g/mol. The van der Waals surface area contributed by atoms with Crippen molar-refractivity contribution in [3.05, 3.63) is 0 Å². The Morgan fingerprint density at radius 2 is 2.05 bits per heavy atom. The van der Waals surface area contributed by atoms with Crippen molar-refractivity contribution in [3.8, 4) is 0 Å². The molecule has 1 heterocycles. The molecule has 4 unspecified atom stereocenters. The second-order valence-corrected chi connectivity index (χ2v) is 5.98. The standard InChI is InChI=1S/C13H22F3N3O.ClH/c1-8(12(20)18-7-13(14,15)16)19-5-9-3-2-4-11(17)10(9)6-19;/h8-11H,2-7,17H2,1H3,(H,18,20);1H. The highest BCUT2D eigenvalue weighted by Crippen LogP contribution is 2.36. The number of halogens is 4. The molecule has 4 atom stereocenters. The van der Waals surface area contributed by atoms with Gasteiger partial charge in [-0.25, -0.2) is 0 Å². The lowest BCUT2D eigenvalue weighted by atomic mass is 9.78. The van der Waals surface area contributed by atoms with E-state index in [4.69, 9.17) is 5.73 Å². The zero-order valence-electron chi connectivity index (χ0n) is 12.0. The summed E-state index contributed by atoms with van der Waals surface area (Å²) in [5.74, 6) is 0.299. The van der Waals surface area contributed by atoms with Gasteiger partial charge in [-0.05, 0) is 31.6 Å². The van der Waals surface area contributed by atoms with Crippen molar-refractivity contribution in [3.63, 3.8) is 0 Å². The van der Waals surface area contributed by atoms with Crippen molar-refractivity contribution in [2.24, 2.45) is 17.6 Å². The molecular formula is C13H23ClF3N3O. The first-order chi connectivity index (χ1) is 9.28. The maximum atomic E-state index is 12.1. The summed E-state index contributed by atoms with van der Waals surface area (Å²) in [4.78, 5) is 13.7. The Morgan fingerprint density at radius 1 is 1.38 bits per heavy atom. The lowest BCUT2D eigenvalue weighted by Crippen LogP contribution is -2.47. The van der Waals surface area contributed by atoms with E-state index < -0.39 is 24.7 Å². The molecular weight excluding hydrogens is 307 g/mol. The number of hydrogen-bond acceptors (Lipinski definition) is 3. The summed E-state index contributed by atoms with van der Waals surface area (Å²) in [5, 5.41) is 1.95. The van der Waals surface area contributed by atoms with Crippen LogP contribution in [0, 0.1) is 11.8 Å². The lowest BCUT2D eigenvalue weighted by molar-refractivity contribution is -0.141. The third kappa shape index (κ3) is 4.72. The van der Waals surface area contributed by atoms with Crippen molar-refractivity contribution in [2.45, 2.75) is 44.4 Å². The zero-order chi connectivity index (χ0) is 14.9. The number of nitrogens with one attached hydrogen (secondary N) is 1. The molecule has 0 aromatic heterocycles. The van der Waals surface area contributed by atoms with Gasteiger partial charge in [0, 0.05) is 19.1 Å². The third-order valence-electron chi connectivity index (χ3n) is 4.57. The van der Waals surface area contributed by atoms with Crippen LogP contribution in [-0.2, 0) is 4.79 Å². The molecule has 0 spiro atoms. The Bertz CT molecular complexity index is 367. The second kappa shape index (κ2) is 7.15. The van der Waals surface area contributed by atoms with E-state index in [-0.39, 0.29) is 18.4 Å². The first-order valence-corrected chi connectivity index (χ1v) is 7.12. The van der Waals surface area contributed by atoms with E-state index in [9.17, 15) is 18.0 Å². The first-order valence-electron chi connectivity index (χ1n) is 7.12. The molecule has 1 saturated heterocycles. The number of carbonyl (C=O) groups excluding carboxylic acids is 1. The van der Waals surface area contributed by atoms with E-state index in [0.717, 1.165) is 25.8 Å². The van der Waals surface area contributed by atoms with Gasteiger partial charge < -0.3 is 11.1 Å². The Labute approximate surface area is 129 Å². The summed E-state index contributed by atoms with van der Waals surface area (Å²) >= 11 is 0. The van der Waals surface area contributed by atoms with E-state index in [2.05, 4.69) is 0 Å². The number of amides is 1. The Kier molecular flexibility index (Phi) is 6.31. The minimum atomic E-state index is -4.36. The summed E-state index contributed by atoms with van der Waals surface area (Å²) in [7, 11) is 0. The summed E-state index contributed by atoms with van der Waals surface area (Å²) < 4.78 is 36.3. The predicted molar refractivity (Wildman–Crippen MR) is 76.2 cm³/mol. The molecule has 1 aliphatic heterocycles. The number of likely N-dealkylation sites (tertiary alicyclic amines) is 1. The van der Waals surface area contributed by atoms with Crippen LogP contribution >= 0.6 is 12.4 Å². The van der Waals surface area contributed by atoms with E-state index in [1.54, 1.807) is 6.92 Å². The van der Waals surface area contributed by atoms with Gasteiger partial charge in [-0.1, -0.05) is 6.42 Å². The van der Waals surface area contributed by atoms with E-state index in [0.29, 0.717) is 18.4 Å². The topological polar surface area (TPSA) is 58.4 Å². The maximum Gasteiger partial charge on any atom is 0.405 e. The molecule has 8 heteroatoms. The van der Waals surface area contributed by atoms with Crippen LogP contribution in [0.25, 0.3) is 0 Å². The van der Waals surface area contributed by atoms with Gasteiger partial charge in [0.25, 0.3) is 0 Å². The number of fused-ring (bicyclic) bond motifs is 1. The number of nitrogens with zero attached hydrogens (tertiary/aromatic N) is 1. The number of alkyl halides is 3. The Hall–Kier alpha value is -0.530. The van der Waals surface area contributed by atoms with Crippen LogP contribution in [0.5, 0.6) is 0 Å². The molecule has 0 aromatic rings. The summed E-state index contributed by atoms with van der Waals surface area (Å²) in [6.07, 6.45) is -1.16. The molecule has 2 aliphatic rings. The number of hydrogen-bond donors (Lipinski definition) is 2. The predicted octanol–water partition coefficient (Wildman–Crippen LogP) is 1.53. The normalized spacial score (nSPS) is 31.2. The van der Waals surface area contributed by atoms with Crippen molar-refractivity contribution in [2.75, 3.05) is 19.6 Å². The maximum absolute atomic E-state index is 12.1. The van der Waals surface area contributed by atoms with Gasteiger partial charge in [0.05, 0.1) is 6.04 Å². The Balaban J connectivity index is 0.00000220. The van der Waals surface area contributed by atoms with Gasteiger partial charge in [0.1, 0.15) is 6.54 Å². The lowest BCUT2D eigenvalue weighted by Gasteiger charge is -2.30. The monoisotopic (exact) mass is 329 g/mol. The molecule has 3 N–H and O–H groups in total. The molecule has 0 bridgehead atoms. The molecule has 1 saturated carbocycles. The second-order valence-electron chi connectivity index (χ2n) is 5.98. The minimum Gasteiger partial charge on any atom is -0.346 e. The van der Waals surface area contributed by atoms with Crippen LogP contribution in [0.15, 0.2) is 0 Å². The highest BCUT2D eigenvalue weighted by molar-refractivity contribution is 5.85. The highest BCUT2D eigenvalue weighted by atomic mass is 35.5. The molecule has 1 amide bonds. The Morgan fingerprint density at radius 3 is 2.62 bits per heavy atom. The van der Waals surface area contributed by atoms with Crippen LogP contribution in [0.2, 0.25) is 0 Å². The summed E-state index contributed by atoms with van der Waals surface area (Å²) in [6, 6.07) is -0.376. The zero-order valence-corrected chi connectivity index (χ0v) is 12.8. The number of carbonyl (C=O) groups is 1. The fraction of sp³-hybridized carbons (Fsp3) is 0.923. The minimum absolute atomic E-state index is 0. The molecule has 2 rings (SSSR count). The van der Waals surface area contributed by atoms with Crippen LogP contribution in [0.4, 0.5) is 13.2 Å². The van der Waals surface area contributed by atoms with Crippen LogP contribution < -0.4 is 11.1 Å². The SMILES string of the molecule is CC(C(=O)NCC(F)(F)F)N1CC2CCCC(N)C2C1.Cl. The average Bonchev–Trinajstić information content (AvgIpc) is 2.79. The summed E-state index contributed by atoms with van der Waals surface area (Å²) in [5.41, 5.74) is 6.10. The fourth-order valence-corrected chi connectivity index (χ4v) is 3.37. The molecule has 21 heavy (non-hydrogen) atoms. The van der Waals surface area contributed by atoms with E-state index >= 15 is 0 Å². The summed E-state index contributed by atoms with van der Waals surface area (Å²) in [6.45, 7) is 1.87. The third-order valence-corrected chi connectivity index (χ3v) is 4.57. The molecule has 124 valence electrons. The van der Waals surface area contributed by atoms with E-state index in [1.165, 1.54) is 0 Å². The number of rotatable bonds is 3. The van der Waals surface area contributed by atoms with Crippen molar-refractivity contribution < 1.29 is 18.0 Å². The molecule has 2 fully saturated rings. The van der Waals surface area contributed by atoms with Gasteiger partial charge in [0.15, 0.2) is 0 Å². The molecule has 4 nitrogen and oxygen atoms in total. The molecule has 1 aliphatic carbocycles. The van der Waals surface area contributed by atoms with Gasteiger partial charge >= 0.3 is 6.18 Å². The van der Waals surface area contributed by atoms with Crippen molar-refractivity contribution in [1.29, 1.82) is 0 Å². The van der Waals surface area contributed by atoms with Gasteiger partial charge in [-0.3, -0.25) is 9.69 Å². The van der Waals surface area contributed by atoms with Gasteiger partial charge in [-0.15, -0.1) is 12.4 Å². The van der Waals surface area contributed by atoms with Crippen LogP contribution in [0.1, 0.15) is 26.2 Å². The largest absolute Gasteiger partial charge is 0.405 e. The molecule has 0 aromatic carbocycles. The fourth-order valence-electron chi connectivity index (χ4n) is 3.37. The van der Waals surface area contributed by atoms with Crippen molar-refractivity contribution >= 4 is 18.3 Å². The highest BCUT2D eigenvalue weighted by Gasteiger charge is 2.41. The van der Waals surface area contributed by atoms with Gasteiger partial charge in [0.2, 0.25) is 5.91 Å². The van der Waals surface area contributed by atoms with Crippen molar-refractivity contribution in [1.82, 2.24) is 10.2 Å². The molecule has 0 radical (unpaired) electrons. The van der Waals surface area contributed by atoms with Gasteiger partial charge in [-0.2, -0.15) is 13.2 Å². The van der Waals surface area contributed by atoms with Crippen LogP contribution in [-0.4, -0.2) is 48.7 Å². The number of nitrogens with two attached hydrogens (primary N) is 1. The quantitative estimate of drug-likeness (QED) is 0.825. The van der Waals surface area contributed by atoms with Crippen LogP contribution in [0.3, 0.4) is 0 Å².